The third kappa shape index (κ3) is 5.34. The molecule has 1 amide bonds. The first-order valence-electron chi connectivity index (χ1n) is 11.5. The van der Waals surface area contributed by atoms with Gasteiger partial charge in [0, 0.05) is 53.4 Å². The maximum atomic E-state index is 13.3. The Bertz CT molecular complexity index is 1390. The van der Waals surface area contributed by atoms with Crippen molar-refractivity contribution in [2.75, 3.05) is 18.5 Å². The molecule has 0 unspecified atom stereocenters. The Kier molecular flexibility index (Phi) is 6.75. The second-order valence-corrected chi connectivity index (χ2v) is 8.95. The summed E-state index contributed by atoms with van der Waals surface area (Å²) in [6, 6.07) is 24.6. The number of nitrogens with one attached hydrogen (secondary N) is 1. The Labute approximate surface area is 208 Å². The average molecular weight is 486 g/mol. The van der Waals surface area contributed by atoms with Crippen molar-refractivity contribution in [3.8, 4) is 0 Å². The number of para-hydroxylation sites is 1. The molecule has 0 saturated carbocycles. The second kappa shape index (κ2) is 10.3. The summed E-state index contributed by atoms with van der Waals surface area (Å²) in [6.07, 6.45) is 0.739. The lowest BCUT2D eigenvalue weighted by Crippen LogP contribution is -2.32. The number of nitrogens with zero attached hydrogens (tertiary/aromatic N) is 2. The normalized spacial score (nSPS) is 13.3. The molecule has 4 aromatic rings. The molecule has 0 radical (unpaired) electrons. The predicted molar refractivity (Wildman–Crippen MR) is 136 cm³/mol. The number of carbonyl (C=O) groups excluding carboxylic acids is 2. The molecule has 0 bridgehead atoms. The molecule has 6 nitrogen and oxygen atoms in total. The standard InChI is InChI=1S/C28H24ClN3O3/c29-20-9-6-10-21(15-20)30-26(33)18-35-28(34)27-22-11-4-5-12-24(22)31-25-13-14-32(17-23(25)27)16-19-7-2-1-3-8-19/h1-12,15H,13-14,16-18H2,(H,30,33). The molecular weight excluding hydrogens is 462 g/mol. The zero-order valence-corrected chi connectivity index (χ0v) is 19.8. The lowest BCUT2D eigenvalue weighted by atomic mass is 9.95. The number of aromatic nitrogens is 1. The Morgan fingerprint density at radius 1 is 1.00 bits per heavy atom. The maximum Gasteiger partial charge on any atom is 0.339 e. The van der Waals surface area contributed by atoms with E-state index in [9.17, 15) is 9.59 Å². The number of carbonyl (C=O) groups is 2. The highest BCUT2D eigenvalue weighted by Gasteiger charge is 2.27. The number of rotatable bonds is 6. The zero-order valence-electron chi connectivity index (χ0n) is 19.0. The van der Waals surface area contributed by atoms with Crippen molar-refractivity contribution in [1.29, 1.82) is 0 Å². The maximum absolute atomic E-state index is 13.3. The number of fused-ring (bicyclic) bond motifs is 2. The Morgan fingerprint density at radius 2 is 1.80 bits per heavy atom. The number of pyridine rings is 1. The van der Waals surface area contributed by atoms with Gasteiger partial charge in [-0.3, -0.25) is 14.7 Å². The van der Waals surface area contributed by atoms with E-state index >= 15 is 0 Å². The fourth-order valence-electron chi connectivity index (χ4n) is 4.42. The van der Waals surface area contributed by atoms with Gasteiger partial charge in [-0.05, 0) is 29.8 Å². The van der Waals surface area contributed by atoms with Crippen molar-refractivity contribution in [3.63, 3.8) is 0 Å². The molecule has 0 saturated heterocycles. The summed E-state index contributed by atoms with van der Waals surface area (Å²) in [5.74, 6) is -0.957. The molecule has 1 aromatic heterocycles. The molecule has 0 spiro atoms. The molecule has 0 fully saturated rings. The first kappa shape index (κ1) is 23.0. The van der Waals surface area contributed by atoms with E-state index in [1.807, 2.05) is 42.5 Å². The van der Waals surface area contributed by atoms with Gasteiger partial charge in [-0.2, -0.15) is 0 Å². The van der Waals surface area contributed by atoms with Gasteiger partial charge in [-0.15, -0.1) is 0 Å². The van der Waals surface area contributed by atoms with Gasteiger partial charge < -0.3 is 10.1 Å². The highest BCUT2D eigenvalue weighted by molar-refractivity contribution is 6.30. The molecule has 1 N–H and O–H groups in total. The van der Waals surface area contributed by atoms with Crippen LogP contribution in [0.25, 0.3) is 10.9 Å². The summed E-state index contributed by atoms with van der Waals surface area (Å²) in [5, 5.41) is 3.94. The summed E-state index contributed by atoms with van der Waals surface area (Å²) in [7, 11) is 0. The van der Waals surface area contributed by atoms with E-state index < -0.39 is 18.5 Å². The molecule has 35 heavy (non-hydrogen) atoms. The van der Waals surface area contributed by atoms with E-state index in [1.54, 1.807) is 24.3 Å². The fraction of sp³-hybridized carbons (Fsp3) is 0.179. The van der Waals surface area contributed by atoms with Crippen LogP contribution in [0.1, 0.15) is 27.2 Å². The van der Waals surface area contributed by atoms with Crippen molar-refractivity contribution in [2.45, 2.75) is 19.5 Å². The molecule has 176 valence electrons. The number of ether oxygens (including phenoxy) is 1. The lowest BCUT2D eigenvalue weighted by molar-refractivity contribution is -0.119. The van der Waals surface area contributed by atoms with Crippen LogP contribution >= 0.6 is 11.6 Å². The van der Waals surface area contributed by atoms with E-state index in [4.69, 9.17) is 21.3 Å². The Hall–Kier alpha value is -3.74. The number of anilines is 1. The van der Waals surface area contributed by atoms with Crippen molar-refractivity contribution in [3.05, 3.63) is 106 Å². The molecule has 7 heteroatoms. The fourth-order valence-corrected chi connectivity index (χ4v) is 4.61. The van der Waals surface area contributed by atoms with Crippen LogP contribution in [-0.2, 0) is 29.0 Å². The molecule has 0 aliphatic carbocycles. The van der Waals surface area contributed by atoms with E-state index in [-0.39, 0.29) is 0 Å². The van der Waals surface area contributed by atoms with Gasteiger partial charge in [0.15, 0.2) is 6.61 Å². The van der Waals surface area contributed by atoms with Crippen LogP contribution in [0, 0.1) is 0 Å². The lowest BCUT2D eigenvalue weighted by Gasteiger charge is -2.30. The zero-order chi connectivity index (χ0) is 24.2. The van der Waals surface area contributed by atoms with Gasteiger partial charge in [-0.25, -0.2) is 4.79 Å². The molecule has 3 aromatic carbocycles. The number of hydrogen-bond acceptors (Lipinski definition) is 5. The van der Waals surface area contributed by atoms with Crippen LogP contribution in [-0.4, -0.2) is 34.9 Å². The van der Waals surface area contributed by atoms with Gasteiger partial charge in [0.2, 0.25) is 0 Å². The van der Waals surface area contributed by atoms with Crippen molar-refractivity contribution >= 4 is 40.1 Å². The topological polar surface area (TPSA) is 71.5 Å². The van der Waals surface area contributed by atoms with Crippen LogP contribution in [0.15, 0.2) is 78.9 Å². The van der Waals surface area contributed by atoms with Crippen LogP contribution < -0.4 is 5.32 Å². The minimum atomic E-state index is -0.525. The molecule has 5 rings (SSSR count). The minimum Gasteiger partial charge on any atom is -0.452 e. The highest BCUT2D eigenvalue weighted by Crippen LogP contribution is 2.29. The SMILES string of the molecule is O=C(COC(=O)c1c2c(nc3ccccc13)CCN(Cc1ccccc1)C2)Nc1cccc(Cl)c1. The predicted octanol–water partition coefficient (Wildman–Crippen LogP) is 5.24. The van der Waals surface area contributed by atoms with Crippen LogP contribution in [0.5, 0.6) is 0 Å². The summed E-state index contributed by atoms with van der Waals surface area (Å²) in [6.45, 7) is 1.82. The van der Waals surface area contributed by atoms with Gasteiger partial charge >= 0.3 is 5.97 Å². The highest BCUT2D eigenvalue weighted by atomic mass is 35.5. The van der Waals surface area contributed by atoms with Crippen LogP contribution in [0.2, 0.25) is 5.02 Å². The molecule has 0 atom stereocenters. The smallest absolute Gasteiger partial charge is 0.339 e. The first-order valence-corrected chi connectivity index (χ1v) is 11.8. The number of hydrogen-bond donors (Lipinski definition) is 1. The van der Waals surface area contributed by atoms with E-state index in [1.165, 1.54) is 5.56 Å². The van der Waals surface area contributed by atoms with Crippen LogP contribution in [0.3, 0.4) is 0 Å². The van der Waals surface area contributed by atoms with Gasteiger partial charge in [0.05, 0.1) is 11.1 Å². The number of amides is 1. The minimum absolute atomic E-state index is 0.398. The monoisotopic (exact) mass is 485 g/mol. The summed E-state index contributed by atoms with van der Waals surface area (Å²) in [5.41, 5.74) is 4.76. The third-order valence-electron chi connectivity index (χ3n) is 6.02. The van der Waals surface area contributed by atoms with Gasteiger partial charge in [0.25, 0.3) is 5.91 Å². The number of benzene rings is 3. The van der Waals surface area contributed by atoms with E-state index in [0.29, 0.717) is 22.8 Å². The van der Waals surface area contributed by atoms with Crippen molar-refractivity contribution < 1.29 is 14.3 Å². The summed E-state index contributed by atoms with van der Waals surface area (Å²) in [4.78, 5) is 32.9. The molecule has 1 aliphatic rings. The number of halogens is 1. The van der Waals surface area contributed by atoms with Crippen molar-refractivity contribution in [2.24, 2.45) is 0 Å². The Morgan fingerprint density at radius 3 is 2.63 bits per heavy atom. The number of esters is 1. The van der Waals surface area contributed by atoms with Crippen molar-refractivity contribution in [1.82, 2.24) is 9.88 Å². The quantitative estimate of drug-likeness (QED) is 0.378. The summed E-state index contributed by atoms with van der Waals surface area (Å²) < 4.78 is 5.49. The molecule has 1 aliphatic heterocycles. The largest absolute Gasteiger partial charge is 0.452 e. The molecular formula is C28H24ClN3O3. The third-order valence-corrected chi connectivity index (χ3v) is 6.26. The van der Waals surface area contributed by atoms with Gasteiger partial charge in [0.1, 0.15) is 0 Å². The van der Waals surface area contributed by atoms with E-state index in [2.05, 4.69) is 22.3 Å². The van der Waals surface area contributed by atoms with Gasteiger partial charge in [-0.1, -0.05) is 66.2 Å². The summed E-state index contributed by atoms with van der Waals surface area (Å²) >= 11 is 5.98. The van der Waals surface area contributed by atoms with Crippen LogP contribution in [0.4, 0.5) is 5.69 Å². The first-order chi connectivity index (χ1) is 17.1. The Balaban J connectivity index is 1.38. The van der Waals surface area contributed by atoms with E-state index in [0.717, 1.165) is 41.7 Å². The average Bonchev–Trinajstić information content (AvgIpc) is 2.86. The second-order valence-electron chi connectivity index (χ2n) is 8.51. The molecule has 2 heterocycles.